The Morgan fingerprint density at radius 1 is 1.04 bits per heavy atom. The van der Waals surface area contributed by atoms with Crippen molar-refractivity contribution < 1.29 is 14.0 Å². The number of amides is 2. The van der Waals surface area contributed by atoms with Gasteiger partial charge in [-0.05, 0) is 36.3 Å². The summed E-state index contributed by atoms with van der Waals surface area (Å²) in [5.74, 6) is -1.71. The van der Waals surface area contributed by atoms with E-state index in [1.165, 1.54) is 18.2 Å². The summed E-state index contributed by atoms with van der Waals surface area (Å²) >= 11 is 5.28. The number of hydrogen-bond acceptors (Lipinski definition) is 3. The lowest BCUT2D eigenvalue weighted by Crippen LogP contribution is -2.45. The molecule has 0 aliphatic rings. The van der Waals surface area contributed by atoms with Gasteiger partial charge in [0.15, 0.2) is 5.11 Å². The number of carbonyl (C=O) groups excluding carboxylic acids is 2. The fourth-order valence-electron chi connectivity index (χ4n) is 2.36. The number of benzene rings is 2. The average molecular weight is 373 g/mol. The van der Waals surface area contributed by atoms with Crippen LogP contribution in [0.5, 0.6) is 0 Å². The van der Waals surface area contributed by atoms with Gasteiger partial charge in [-0.1, -0.05) is 42.5 Å². The molecule has 5 nitrogen and oxygen atoms in total. The minimum absolute atomic E-state index is 0.0900. The summed E-state index contributed by atoms with van der Waals surface area (Å²) in [4.78, 5) is 25.0. The molecule has 0 fully saturated rings. The summed E-state index contributed by atoms with van der Waals surface area (Å²) in [6.45, 7) is 0.770. The van der Waals surface area contributed by atoms with Crippen LogP contribution in [0, 0.1) is 5.82 Å². The third-order valence-corrected chi connectivity index (χ3v) is 4.13. The fraction of sp³-hybridized carbons (Fsp3) is 0.211. The molecule has 0 heterocycles. The van der Waals surface area contributed by atoms with E-state index in [9.17, 15) is 14.0 Å². The van der Waals surface area contributed by atoms with Crippen molar-refractivity contribution in [3.63, 3.8) is 0 Å². The van der Waals surface area contributed by atoms with Crippen LogP contribution in [0.2, 0.25) is 0 Å². The second-order valence-corrected chi connectivity index (χ2v) is 6.06. The largest absolute Gasteiger partial charge is 0.370 e. The second kappa shape index (κ2) is 9.62. The number of rotatable bonds is 7. The molecule has 0 radical (unpaired) electrons. The zero-order chi connectivity index (χ0) is 18.9. The van der Waals surface area contributed by atoms with Crippen molar-refractivity contribution in [2.24, 2.45) is 5.73 Å². The maximum atomic E-state index is 13.7. The molecule has 136 valence electrons. The van der Waals surface area contributed by atoms with Gasteiger partial charge >= 0.3 is 0 Å². The second-order valence-electron chi connectivity index (χ2n) is 5.68. The van der Waals surface area contributed by atoms with Crippen molar-refractivity contribution in [3.8, 4) is 0 Å². The minimum atomic E-state index is -0.628. The van der Waals surface area contributed by atoms with Crippen LogP contribution in [0.4, 0.5) is 4.39 Å². The smallest absolute Gasteiger partial charge is 0.260 e. The highest BCUT2D eigenvalue weighted by atomic mass is 32.1. The van der Waals surface area contributed by atoms with Gasteiger partial charge in [0.05, 0.1) is 5.56 Å². The molecule has 0 bridgehead atoms. The first-order valence-corrected chi connectivity index (χ1v) is 8.55. The van der Waals surface area contributed by atoms with E-state index in [-0.39, 0.29) is 23.6 Å². The Labute approximate surface area is 157 Å². The molecule has 0 spiro atoms. The van der Waals surface area contributed by atoms with Gasteiger partial charge in [-0.3, -0.25) is 14.9 Å². The number of primary amides is 1. The van der Waals surface area contributed by atoms with Gasteiger partial charge in [0.1, 0.15) is 5.82 Å². The third-order valence-electron chi connectivity index (χ3n) is 3.77. The van der Waals surface area contributed by atoms with Gasteiger partial charge in [-0.25, -0.2) is 4.39 Å². The summed E-state index contributed by atoms with van der Waals surface area (Å²) in [6.07, 6.45) is 0.778. The van der Waals surface area contributed by atoms with Crippen LogP contribution in [0.15, 0.2) is 54.6 Å². The van der Waals surface area contributed by atoms with Crippen molar-refractivity contribution in [1.82, 2.24) is 10.2 Å². The molecule has 0 saturated heterocycles. The van der Waals surface area contributed by atoms with E-state index in [0.29, 0.717) is 13.0 Å². The SMILES string of the molecule is NC(=O)CCN(CCc1ccccc1)C(=S)NC(=O)c1ccccc1F. The summed E-state index contributed by atoms with van der Waals surface area (Å²) in [6, 6.07) is 15.4. The normalized spacial score (nSPS) is 10.2. The molecular weight excluding hydrogens is 353 g/mol. The quantitative estimate of drug-likeness (QED) is 0.730. The lowest BCUT2D eigenvalue weighted by molar-refractivity contribution is -0.118. The first kappa shape index (κ1) is 19.5. The molecule has 0 saturated carbocycles. The van der Waals surface area contributed by atoms with E-state index in [4.69, 9.17) is 18.0 Å². The zero-order valence-corrected chi connectivity index (χ0v) is 15.0. The topological polar surface area (TPSA) is 75.4 Å². The predicted molar refractivity (Wildman–Crippen MR) is 102 cm³/mol. The molecule has 0 atom stereocenters. The number of carbonyl (C=O) groups is 2. The monoisotopic (exact) mass is 373 g/mol. The minimum Gasteiger partial charge on any atom is -0.370 e. The highest BCUT2D eigenvalue weighted by Crippen LogP contribution is 2.07. The molecule has 0 aliphatic carbocycles. The predicted octanol–water partition coefficient (Wildman–Crippen LogP) is 2.26. The summed E-state index contributed by atoms with van der Waals surface area (Å²) in [5.41, 5.74) is 6.22. The maximum Gasteiger partial charge on any atom is 0.260 e. The number of hydrogen-bond donors (Lipinski definition) is 2. The number of nitrogens with two attached hydrogens (primary N) is 1. The molecule has 2 rings (SSSR count). The van der Waals surface area contributed by atoms with Crippen molar-refractivity contribution >= 4 is 29.1 Å². The van der Waals surface area contributed by atoms with E-state index in [1.807, 2.05) is 30.3 Å². The Morgan fingerprint density at radius 2 is 1.69 bits per heavy atom. The Morgan fingerprint density at radius 3 is 2.35 bits per heavy atom. The van der Waals surface area contributed by atoms with Gasteiger partial charge in [0.25, 0.3) is 5.91 Å². The van der Waals surface area contributed by atoms with Crippen LogP contribution in [0.25, 0.3) is 0 Å². The average Bonchev–Trinajstić information content (AvgIpc) is 2.62. The zero-order valence-electron chi connectivity index (χ0n) is 14.2. The molecule has 0 aliphatic heterocycles. The maximum absolute atomic E-state index is 13.7. The van der Waals surface area contributed by atoms with E-state index in [0.717, 1.165) is 5.56 Å². The van der Waals surface area contributed by atoms with Crippen LogP contribution >= 0.6 is 12.2 Å². The Bertz CT molecular complexity index is 783. The first-order valence-electron chi connectivity index (χ1n) is 8.14. The molecule has 0 unspecified atom stereocenters. The van der Waals surface area contributed by atoms with Crippen molar-refractivity contribution in [3.05, 3.63) is 71.5 Å². The lowest BCUT2D eigenvalue weighted by Gasteiger charge is -2.25. The van der Waals surface area contributed by atoms with Gasteiger partial charge in [0, 0.05) is 19.5 Å². The fourth-order valence-corrected chi connectivity index (χ4v) is 2.63. The Hall–Kier alpha value is -2.80. The van der Waals surface area contributed by atoms with Crippen molar-refractivity contribution in [2.75, 3.05) is 13.1 Å². The molecule has 0 aromatic heterocycles. The van der Waals surface area contributed by atoms with Gasteiger partial charge in [-0.2, -0.15) is 0 Å². The van der Waals surface area contributed by atoms with E-state index < -0.39 is 17.6 Å². The number of nitrogens with zero attached hydrogens (tertiary/aromatic N) is 1. The van der Waals surface area contributed by atoms with Crippen LogP contribution < -0.4 is 11.1 Å². The van der Waals surface area contributed by atoms with Gasteiger partial charge < -0.3 is 10.6 Å². The van der Waals surface area contributed by atoms with Crippen LogP contribution in [0.3, 0.4) is 0 Å². The van der Waals surface area contributed by atoms with Crippen LogP contribution in [-0.2, 0) is 11.2 Å². The molecule has 2 amide bonds. The number of halogens is 1. The first-order chi connectivity index (χ1) is 12.5. The van der Waals surface area contributed by atoms with Crippen LogP contribution in [-0.4, -0.2) is 34.9 Å². The number of thiocarbonyl (C=S) groups is 1. The molecule has 7 heteroatoms. The van der Waals surface area contributed by atoms with E-state index >= 15 is 0 Å². The summed E-state index contributed by atoms with van der Waals surface area (Å²) < 4.78 is 13.7. The summed E-state index contributed by atoms with van der Waals surface area (Å²) in [7, 11) is 0. The van der Waals surface area contributed by atoms with Crippen molar-refractivity contribution in [2.45, 2.75) is 12.8 Å². The Kier molecular flexibility index (Phi) is 7.23. The third kappa shape index (κ3) is 5.93. The molecular formula is C19H20FN3O2S. The van der Waals surface area contributed by atoms with E-state index in [2.05, 4.69) is 5.32 Å². The molecule has 3 N–H and O–H groups in total. The number of nitrogens with one attached hydrogen (secondary N) is 1. The molecule has 26 heavy (non-hydrogen) atoms. The summed E-state index contributed by atoms with van der Waals surface area (Å²) in [5, 5.41) is 2.66. The molecule has 2 aromatic rings. The lowest BCUT2D eigenvalue weighted by atomic mass is 10.1. The highest BCUT2D eigenvalue weighted by molar-refractivity contribution is 7.80. The van der Waals surface area contributed by atoms with E-state index in [1.54, 1.807) is 11.0 Å². The van der Waals surface area contributed by atoms with Crippen molar-refractivity contribution in [1.29, 1.82) is 0 Å². The van der Waals surface area contributed by atoms with Gasteiger partial charge in [0.2, 0.25) is 5.91 Å². The standard InChI is InChI=1S/C19H20FN3O2S/c20-16-9-5-4-8-15(16)18(25)22-19(26)23(13-11-17(21)24)12-10-14-6-2-1-3-7-14/h1-9H,10-13H2,(H2,21,24)(H,22,25,26). The highest BCUT2D eigenvalue weighted by Gasteiger charge is 2.17. The van der Waals surface area contributed by atoms with Gasteiger partial charge in [-0.15, -0.1) is 0 Å². The van der Waals surface area contributed by atoms with Crippen LogP contribution in [0.1, 0.15) is 22.3 Å². The molecule has 2 aromatic carbocycles. The Balaban J connectivity index is 2.03.